The van der Waals surface area contributed by atoms with E-state index in [1.807, 2.05) is 18.2 Å². The molecule has 1 aromatic heterocycles. The van der Waals surface area contributed by atoms with Gasteiger partial charge in [0.2, 0.25) is 0 Å². The number of para-hydroxylation sites is 1. The Morgan fingerprint density at radius 3 is 2.95 bits per heavy atom. The average molecular weight is 280 g/mol. The van der Waals surface area contributed by atoms with E-state index in [0.717, 1.165) is 16.9 Å². The van der Waals surface area contributed by atoms with Gasteiger partial charge in [0.15, 0.2) is 0 Å². The molecule has 0 aliphatic carbocycles. The van der Waals surface area contributed by atoms with E-state index in [1.54, 1.807) is 18.4 Å². The van der Waals surface area contributed by atoms with Gasteiger partial charge in [0, 0.05) is 26.1 Å². The minimum absolute atomic E-state index is 0.284. The van der Waals surface area contributed by atoms with Crippen LogP contribution in [0.15, 0.2) is 24.3 Å². The highest BCUT2D eigenvalue weighted by molar-refractivity contribution is 7.18. The molecular formula is C14H20N2O2S. The Balaban J connectivity index is 1.86. The standard InChI is InChI=1S/C14H20N2O2S/c1-10(15-8-11(17)9-18-2)7-14-16-12-5-3-4-6-13(12)19-14/h3-6,10-11,15,17H,7-9H2,1-2H3. The van der Waals surface area contributed by atoms with Gasteiger partial charge in [-0.05, 0) is 19.1 Å². The van der Waals surface area contributed by atoms with E-state index >= 15 is 0 Å². The predicted molar refractivity (Wildman–Crippen MR) is 78.7 cm³/mol. The zero-order valence-electron chi connectivity index (χ0n) is 11.3. The van der Waals surface area contributed by atoms with Crippen molar-refractivity contribution in [1.29, 1.82) is 0 Å². The summed E-state index contributed by atoms with van der Waals surface area (Å²) in [5.41, 5.74) is 1.06. The Labute approximate surface area is 117 Å². The summed E-state index contributed by atoms with van der Waals surface area (Å²) >= 11 is 1.73. The molecule has 0 spiro atoms. The first-order valence-corrected chi connectivity index (χ1v) is 7.25. The predicted octanol–water partition coefficient (Wildman–Crippen LogP) is 1.82. The van der Waals surface area contributed by atoms with E-state index in [1.165, 1.54) is 4.70 Å². The lowest BCUT2D eigenvalue weighted by molar-refractivity contribution is 0.0631. The van der Waals surface area contributed by atoms with Gasteiger partial charge in [0.25, 0.3) is 0 Å². The maximum absolute atomic E-state index is 9.58. The van der Waals surface area contributed by atoms with Crippen LogP contribution in [-0.2, 0) is 11.2 Å². The number of benzene rings is 1. The van der Waals surface area contributed by atoms with Gasteiger partial charge in [0.05, 0.1) is 27.9 Å². The summed E-state index contributed by atoms with van der Waals surface area (Å²) in [6.45, 7) is 3.01. The third-order valence-electron chi connectivity index (χ3n) is 2.88. The van der Waals surface area contributed by atoms with Gasteiger partial charge in [-0.1, -0.05) is 12.1 Å². The van der Waals surface area contributed by atoms with Gasteiger partial charge >= 0.3 is 0 Å². The molecule has 0 saturated heterocycles. The number of hydrogen-bond donors (Lipinski definition) is 2. The lowest BCUT2D eigenvalue weighted by Crippen LogP contribution is -2.36. The number of rotatable bonds is 7. The number of aliphatic hydroxyl groups excluding tert-OH is 1. The normalized spacial score (nSPS) is 14.7. The molecule has 0 bridgehead atoms. The summed E-state index contributed by atoms with van der Waals surface area (Å²) in [5, 5.41) is 14.0. The van der Waals surface area contributed by atoms with Gasteiger partial charge in [0.1, 0.15) is 0 Å². The lowest BCUT2D eigenvalue weighted by Gasteiger charge is -2.15. The fraction of sp³-hybridized carbons (Fsp3) is 0.500. The van der Waals surface area contributed by atoms with Crippen molar-refractivity contribution in [2.24, 2.45) is 0 Å². The first-order chi connectivity index (χ1) is 9.19. The minimum Gasteiger partial charge on any atom is -0.389 e. The zero-order valence-corrected chi connectivity index (χ0v) is 12.1. The van der Waals surface area contributed by atoms with Gasteiger partial charge in [-0.15, -0.1) is 11.3 Å². The molecule has 0 saturated carbocycles. The Kier molecular flexibility index (Phi) is 5.27. The molecule has 0 fully saturated rings. The Bertz CT molecular complexity index is 482. The van der Waals surface area contributed by atoms with Gasteiger partial charge < -0.3 is 15.2 Å². The number of methoxy groups -OCH3 is 1. The topological polar surface area (TPSA) is 54.4 Å². The number of nitrogens with zero attached hydrogens (tertiary/aromatic N) is 1. The molecule has 0 amide bonds. The van der Waals surface area contributed by atoms with Gasteiger partial charge in [-0.2, -0.15) is 0 Å². The van der Waals surface area contributed by atoms with E-state index in [4.69, 9.17) is 4.74 Å². The van der Waals surface area contributed by atoms with Crippen LogP contribution in [0.4, 0.5) is 0 Å². The maximum Gasteiger partial charge on any atom is 0.0954 e. The number of fused-ring (bicyclic) bond motifs is 1. The first-order valence-electron chi connectivity index (χ1n) is 6.44. The fourth-order valence-electron chi connectivity index (χ4n) is 1.93. The Morgan fingerprint density at radius 1 is 1.42 bits per heavy atom. The van der Waals surface area contributed by atoms with E-state index in [0.29, 0.717) is 13.2 Å². The summed E-state index contributed by atoms with van der Waals surface area (Å²) in [4.78, 5) is 4.61. The third kappa shape index (κ3) is 4.24. The number of aromatic nitrogens is 1. The number of thiazole rings is 1. The van der Waals surface area contributed by atoms with Crippen LogP contribution >= 0.6 is 11.3 Å². The molecule has 1 aromatic carbocycles. The van der Waals surface area contributed by atoms with Crippen molar-refractivity contribution in [3.8, 4) is 0 Å². The molecule has 2 unspecified atom stereocenters. The molecular weight excluding hydrogens is 260 g/mol. The molecule has 4 nitrogen and oxygen atoms in total. The highest BCUT2D eigenvalue weighted by atomic mass is 32.1. The van der Waals surface area contributed by atoms with Crippen LogP contribution in [0.5, 0.6) is 0 Å². The molecule has 0 radical (unpaired) electrons. The summed E-state index contributed by atoms with van der Waals surface area (Å²) in [5.74, 6) is 0. The van der Waals surface area contributed by atoms with Crippen LogP contribution in [0.25, 0.3) is 10.2 Å². The molecule has 2 rings (SSSR count). The quantitative estimate of drug-likeness (QED) is 0.812. The van der Waals surface area contributed by atoms with Crippen molar-refractivity contribution < 1.29 is 9.84 Å². The third-order valence-corrected chi connectivity index (χ3v) is 3.94. The van der Waals surface area contributed by atoms with E-state index in [9.17, 15) is 5.11 Å². The van der Waals surface area contributed by atoms with E-state index in [-0.39, 0.29) is 6.04 Å². The summed E-state index contributed by atoms with van der Waals surface area (Å²) < 4.78 is 6.12. The number of aliphatic hydroxyl groups is 1. The van der Waals surface area contributed by atoms with E-state index < -0.39 is 6.10 Å². The van der Waals surface area contributed by atoms with Crippen molar-refractivity contribution in [1.82, 2.24) is 10.3 Å². The van der Waals surface area contributed by atoms with Crippen LogP contribution in [0.2, 0.25) is 0 Å². The second-order valence-electron chi connectivity index (χ2n) is 4.70. The van der Waals surface area contributed by atoms with Crippen LogP contribution in [0.3, 0.4) is 0 Å². The maximum atomic E-state index is 9.58. The van der Waals surface area contributed by atoms with Crippen molar-refractivity contribution in [3.05, 3.63) is 29.3 Å². The smallest absolute Gasteiger partial charge is 0.0954 e. The first kappa shape index (κ1) is 14.4. The average Bonchev–Trinajstić information content (AvgIpc) is 2.78. The number of ether oxygens (including phenoxy) is 1. The van der Waals surface area contributed by atoms with Crippen LogP contribution in [0, 0.1) is 0 Å². The lowest BCUT2D eigenvalue weighted by atomic mass is 10.2. The monoisotopic (exact) mass is 280 g/mol. The van der Waals surface area contributed by atoms with Crippen molar-refractivity contribution in [2.45, 2.75) is 25.5 Å². The van der Waals surface area contributed by atoms with Crippen molar-refractivity contribution >= 4 is 21.6 Å². The van der Waals surface area contributed by atoms with Crippen molar-refractivity contribution in [2.75, 3.05) is 20.3 Å². The molecule has 2 N–H and O–H groups in total. The molecule has 1 heterocycles. The Hall–Kier alpha value is -1.01. The second-order valence-corrected chi connectivity index (χ2v) is 5.81. The van der Waals surface area contributed by atoms with Gasteiger partial charge in [-0.25, -0.2) is 4.98 Å². The SMILES string of the molecule is COCC(O)CNC(C)Cc1nc2ccccc2s1. The van der Waals surface area contributed by atoms with Crippen molar-refractivity contribution in [3.63, 3.8) is 0 Å². The largest absolute Gasteiger partial charge is 0.389 e. The van der Waals surface area contributed by atoms with Gasteiger partial charge in [-0.3, -0.25) is 0 Å². The minimum atomic E-state index is -0.456. The molecule has 104 valence electrons. The summed E-state index contributed by atoms with van der Waals surface area (Å²) in [6, 6.07) is 8.46. The Morgan fingerprint density at radius 2 is 2.21 bits per heavy atom. The molecule has 2 atom stereocenters. The summed E-state index contributed by atoms with van der Waals surface area (Å²) in [6.07, 6.45) is 0.418. The zero-order chi connectivity index (χ0) is 13.7. The molecule has 2 aromatic rings. The van der Waals surface area contributed by atoms with Crippen LogP contribution in [-0.4, -0.2) is 42.5 Å². The highest BCUT2D eigenvalue weighted by Gasteiger charge is 2.10. The van der Waals surface area contributed by atoms with Crippen LogP contribution < -0.4 is 5.32 Å². The number of nitrogens with one attached hydrogen (secondary N) is 1. The molecule has 19 heavy (non-hydrogen) atoms. The molecule has 5 heteroatoms. The molecule has 0 aliphatic heterocycles. The second kappa shape index (κ2) is 6.96. The fourth-order valence-corrected chi connectivity index (χ4v) is 3.03. The summed E-state index contributed by atoms with van der Waals surface area (Å²) in [7, 11) is 1.59. The molecule has 0 aliphatic rings. The highest BCUT2D eigenvalue weighted by Crippen LogP contribution is 2.22. The van der Waals surface area contributed by atoms with Crippen LogP contribution in [0.1, 0.15) is 11.9 Å². The number of hydrogen-bond acceptors (Lipinski definition) is 5. The van der Waals surface area contributed by atoms with E-state index in [2.05, 4.69) is 23.3 Å².